The molecule has 40 heavy (non-hydrogen) atoms. The first kappa shape index (κ1) is 36.4. The molecule has 0 amide bonds. The van der Waals surface area contributed by atoms with Crippen LogP contribution in [0.3, 0.4) is 0 Å². The number of hydrogen-bond acceptors (Lipinski definition) is 4. The third-order valence-corrected chi connectivity index (χ3v) is 5.62. The lowest BCUT2D eigenvalue weighted by Gasteiger charge is -2.23. The largest absolute Gasteiger partial charge is 0.431 e. The molecule has 1 aromatic rings. The van der Waals surface area contributed by atoms with E-state index in [9.17, 15) is 26.3 Å². The number of nitrogens with zero attached hydrogens (tertiary/aromatic N) is 1. The Kier molecular flexibility index (Phi) is 17.0. The van der Waals surface area contributed by atoms with Gasteiger partial charge in [-0.1, -0.05) is 62.4 Å². The zero-order valence-corrected chi connectivity index (χ0v) is 23.1. The predicted molar refractivity (Wildman–Crippen MR) is 153 cm³/mol. The van der Waals surface area contributed by atoms with Gasteiger partial charge in [-0.15, -0.1) is 12.3 Å². The molecule has 1 aliphatic carbocycles. The van der Waals surface area contributed by atoms with E-state index in [2.05, 4.69) is 34.6 Å². The molecule has 1 saturated carbocycles. The molecule has 0 saturated heterocycles. The molecule has 2 rings (SSSR count). The van der Waals surface area contributed by atoms with Gasteiger partial charge >= 0.3 is 12.4 Å². The summed E-state index contributed by atoms with van der Waals surface area (Å²) in [6.07, 6.45) is 5.77. The molecule has 4 N–H and O–H groups in total. The normalized spacial score (nSPS) is 16.4. The van der Waals surface area contributed by atoms with Crippen molar-refractivity contribution < 1.29 is 26.3 Å². The standard InChI is InChI=1S/C22H25F3N2.C6H7F3N2.C2H6/c1-3-4-8-20(22(23,24)25)16-27-15-19-7-5-6-18(14-19)13-17-9-11-21(26-2)12-10-17;1-2-4(3-10)5(11)6(7,8)9;1-2/h1,5-8,13-14,16,21,26H,4,9-12,15H2,2H3;2-3,10H,1,11H2;1-2H3/b17-13?,20-8+,27-16?;5-4-,10-3?;. The lowest BCUT2D eigenvalue weighted by molar-refractivity contribution is -0.0930. The summed E-state index contributed by atoms with van der Waals surface area (Å²) in [7, 11) is 2.00. The van der Waals surface area contributed by atoms with E-state index < -0.39 is 29.2 Å². The van der Waals surface area contributed by atoms with Crippen LogP contribution in [0, 0.1) is 17.8 Å². The number of allylic oxidation sites excluding steroid dienone is 6. The minimum Gasteiger partial charge on any atom is -0.394 e. The van der Waals surface area contributed by atoms with Crippen molar-refractivity contribution in [2.75, 3.05) is 7.05 Å². The topological polar surface area (TPSA) is 74.3 Å². The van der Waals surface area contributed by atoms with Gasteiger partial charge in [0.25, 0.3) is 0 Å². The second-order valence-electron chi connectivity index (χ2n) is 8.36. The van der Waals surface area contributed by atoms with Gasteiger partial charge in [-0.05, 0) is 49.9 Å². The van der Waals surface area contributed by atoms with Crippen LogP contribution < -0.4 is 11.1 Å². The summed E-state index contributed by atoms with van der Waals surface area (Å²) < 4.78 is 73.9. The van der Waals surface area contributed by atoms with Crippen LogP contribution in [-0.4, -0.2) is 37.9 Å². The molecule has 0 bridgehead atoms. The highest BCUT2D eigenvalue weighted by atomic mass is 19.4. The highest BCUT2D eigenvalue weighted by Gasteiger charge is 2.33. The molecular weight excluding hydrogens is 530 g/mol. The van der Waals surface area contributed by atoms with Crippen molar-refractivity contribution in [3.8, 4) is 12.3 Å². The number of nitrogens with two attached hydrogens (primary N) is 1. The van der Waals surface area contributed by atoms with Gasteiger partial charge in [-0.25, -0.2) is 0 Å². The molecule has 0 unspecified atom stereocenters. The summed E-state index contributed by atoms with van der Waals surface area (Å²) in [5, 5.41) is 9.85. The summed E-state index contributed by atoms with van der Waals surface area (Å²) >= 11 is 0. The minimum absolute atomic E-state index is 0.0711. The van der Waals surface area contributed by atoms with Crippen molar-refractivity contribution in [3.63, 3.8) is 0 Å². The first-order chi connectivity index (χ1) is 18.8. The van der Waals surface area contributed by atoms with Gasteiger partial charge in [0.1, 0.15) is 5.70 Å². The van der Waals surface area contributed by atoms with Crippen LogP contribution in [-0.2, 0) is 6.54 Å². The lowest BCUT2D eigenvalue weighted by Crippen LogP contribution is -2.27. The molecular formula is C30H38F6N4. The Morgan fingerprint density at radius 2 is 1.80 bits per heavy atom. The molecule has 0 aromatic heterocycles. The number of alkyl halides is 6. The Morgan fingerprint density at radius 3 is 2.25 bits per heavy atom. The Bertz CT molecular complexity index is 1080. The van der Waals surface area contributed by atoms with Crippen LogP contribution in [0.1, 0.15) is 57.1 Å². The molecule has 1 aromatic carbocycles. The van der Waals surface area contributed by atoms with Gasteiger partial charge in [-0.2, -0.15) is 26.3 Å². The summed E-state index contributed by atoms with van der Waals surface area (Å²) in [4.78, 5) is 3.96. The third kappa shape index (κ3) is 14.0. The van der Waals surface area contributed by atoms with E-state index in [0.717, 1.165) is 55.2 Å². The average Bonchev–Trinajstić information content (AvgIpc) is 2.92. The second-order valence-corrected chi connectivity index (χ2v) is 8.36. The van der Waals surface area contributed by atoms with Crippen LogP contribution in [0.5, 0.6) is 0 Å². The maximum absolute atomic E-state index is 12.9. The van der Waals surface area contributed by atoms with E-state index in [0.29, 0.717) is 12.3 Å². The zero-order valence-electron chi connectivity index (χ0n) is 23.1. The van der Waals surface area contributed by atoms with Crippen LogP contribution in [0.4, 0.5) is 26.3 Å². The van der Waals surface area contributed by atoms with E-state index in [1.165, 1.54) is 5.57 Å². The fourth-order valence-electron chi connectivity index (χ4n) is 3.51. The minimum atomic E-state index is -4.58. The maximum Gasteiger partial charge on any atom is 0.431 e. The molecule has 4 nitrogen and oxygen atoms in total. The number of benzene rings is 1. The molecule has 10 heteroatoms. The Hall–Kier alpha value is -3.58. The first-order valence-electron chi connectivity index (χ1n) is 12.7. The first-order valence-corrected chi connectivity index (χ1v) is 12.7. The molecule has 220 valence electrons. The second kappa shape index (κ2) is 18.7. The van der Waals surface area contributed by atoms with Crippen molar-refractivity contribution in [2.45, 2.75) is 70.9 Å². The third-order valence-electron chi connectivity index (χ3n) is 5.62. The van der Waals surface area contributed by atoms with Gasteiger partial charge in [0.2, 0.25) is 0 Å². The smallest absolute Gasteiger partial charge is 0.394 e. The fourth-order valence-corrected chi connectivity index (χ4v) is 3.51. The number of terminal acetylenes is 1. The lowest BCUT2D eigenvalue weighted by atomic mass is 9.89. The molecule has 0 heterocycles. The SMILES string of the molecule is C#CC/C=C(\C=NCc1cccc(C=C2CCC(NC)CC2)c1)C(F)(F)F.C=C/C(C=N)=C(/N)C(F)(F)F.CC. The fraction of sp³-hybridized carbons (Fsp3) is 0.400. The highest BCUT2D eigenvalue weighted by Crippen LogP contribution is 2.27. The van der Waals surface area contributed by atoms with E-state index in [1.54, 1.807) is 0 Å². The van der Waals surface area contributed by atoms with Gasteiger partial charge in [0.15, 0.2) is 0 Å². The molecule has 0 aliphatic heterocycles. The Balaban J connectivity index is 0.000000985. The number of hydrogen-bond donors (Lipinski definition) is 3. The quantitative estimate of drug-likeness (QED) is 0.129. The van der Waals surface area contributed by atoms with E-state index in [-0.39, 0.29) is 13.0 Å². The summed E-state index contributed by atoms with van der Waals surface area (Å²) in [5.74, 6) is 2.18. The van der Waals surface area contributed by atoms with Crippen LogP contribution >= 0.6 is 0 Å². The number of nitrogens with one attached hydrogen (secondary N) is 2. The summed E-state index contributed by atoms with van der Waals surface area (Å²) in [6.45, 7) is 7.27. The molecule has 1 aliphatic rings. The van der Waals surface area contributed by atoms with Crippen molar-refractivity contribution in [2.24, 2.45) is 10.7 Å². The predicted octanol–water partition coefficient (Wildman–Crippen LogP) is 7.94. The van der Waals surface area contributed by atoms with Gasteiger partial charge < -0.3 is 16.5 Å². The molecule has 0 spiro atoms. The Labute approximate surface area is 233 Å². The molecule has 0 radical (unpaired) electrons. The number of aliphatic imine (C=N–C) groups is 1. The van der Waals surface area contributed by atoms with Gasteiger partial charge in [0.05, 0.1) is 12.1 Å². The van der Waals surface area contributed by atoms with Crippen molar-refractivity contribution in [1.82, 2.24) is 5.32 Å². The van der Waals surface area contributed by atoms with Gasteiger partial charge in [-0.3, -0.25) is 4.99 Å². The van der Waals surface area contributed by atoms with E-state index >= 15 is 0 Å². The van der Waals surface area contributed by atoms with Crippen molar-refractivity contribution >= 4 is 18.5 Å². The van der Waals surface area contributed by atoms with Gasteiger partial charge in [0, 0.05) is 30.5 Å². The number of rotatable bonds is 8. The van der Waals surface area contributed by atoms with Crippen LogP contribution in [0.2, 0.25) is 0 Å². The van der Waals surface area contributed by atoms with Crippen LogP contribution in [0.25, 0.3) is 6.08 Å². The molecule has 1 fully saturated rings. The maximum atomic E-state index is 12.9. The summed E-state index contributed by atoms with van der Waals surface area (Å²) in [6, 6.07) is 8.36. The highest BCUT2D eigenvalue weighted by molar-refractivity contribution is 5.81. The number of halogens is 6. The van der Waals surface area contributed by atoms with Crippen LogP contribution in [0.15, 0.2) is 70.4 Å². The summed E-state index contributed by atoms with van der Waals surface area (Å²) in [5.41, 5.74) is 5.50. The monoisotopic (exact) mass is 568 g/mol. The average molecular weight is 569 g/mol. The van der Waals surface area contributed by atoms with E-state index in [4.69, 9.17) is 11.8 Å². The van der Waals surface area contributed by atoms with E-state index in [1.807, 2.05) is 45.2 Å². The zero-order chi connectivity index (χ0) is 30.8. The Morgan fingerprint density at radius 1 is 1.18 bits per heavy atom. The molecule has 0 atom stereocenters. The van der Waals surface area contributed by atoms with Crippen molar-refractivity contribution in [1.29, 1.82) is 5.41 Å². The van der Waals surface area contributed by atoms with Crippen molar-refractivity contribution in [3.05, 3.63) is 76.5 Å².